The second-order valence-corrected chi connectivity index (χ2v) is 4.08. The number of fused-ring (bicyclic) bond motifs is 1. The highest BCUT2D eigenvalue weighted by molar-refractivity contribution is 5.21. The Kier molecular flexibility index (Phi) is 0.958. The van der Waals surface area contributed by atoms with Crippen LogP contribution in [0.3, 0.4) is 0 Å². The van der Waals surface area contributed by atoms with Gasteiger partial charge in [0.2, 0.25) is 0 Å². The van der Waals surface area contributed by atoms with Gasteiger partial charge in [-0.1, -0.05) is 12.2 Å². The molecule has 11 heavy (non-hydrogen) atoms. The summed E-state index contributed by atoms with van der Waals surface area (Å²) >= 11 is 0. The lowest BCUT2D eigenvalue weighted by Gasteiger charge is -2.38. The lowest BCUT2D eigenvalue weighted by Crippen LogP contribution is -2.46. The van der Waals surface area contributed by atoms with Gasteiger partial charge in [0.05, 0.1) is 12.2 Å². The van der Waals surface area contributed by atoms with Gasteiger partial charge in [-0.2, -0.15) is 0 Å². The van der Waals surface area contributed by atoms with Gasteiger partial charge in [-0.25, -0.2) is 0 Å². The summed E-state index contributed by atoms with van der Waals surface area (Å²) in [5.41, 5.74) is 0. The fourth-order valence-corrected chi connectivity index (χ4v) is 2.85. The lowest BCUT2D eigenvalue weighted by molar-refractivity contribution is -0.0653. The Morgan fingerprint density at radius 3 is 1.82 bits per heavy atom. The molecule has 0 aliphatic heterocycles. The van der Waals surface area contributed by atoms with Crippen LogP contribution in [0, 0.1) is 23.7 Å². The van der Waals surface area contributed by atoms with Crippen LogP contribution in [0.2, 0.25) is 0 Å². The standard InChI is InChI=1S/C9H12O2/c10-8-4-1-2-5(9(8)11)7-3-6(4)7/h1-2,4-11H,3H2. The van der Waals surface area contributed by atoms with Crippen molar-refractivity contribution in [3.05, 3.63) is 12.2 Å². The third-order valence-corrected chi connectivity index (χ3v) is 3.57. The van der Waals surface area contributed by atoms with Gasteiger partial charge in [0.25, 0.3) is 0 Å². The molecule has 4 aliphatic carbocycles. The quantitative estimate of drug-likeness (QED) is 0.485. The smallest absolute Gasteiger partial charge is 0.0870 e. The number of aliphatic hydroxyl groups is 2. The molecule has 0 aromatic rings. The summed E-state index contributed by atoms with van der Waals surface area (Å²) in [5.74, 6) is 1.92. The molecule has 0 amide bonds. The maximum absolute atomic E-state index is 9.56. The van der Waals surface area contributed by atoms with Crippen LogP contribution in [0.4, 0.5) is 0 Å². The fraction of sp³-hybridized carbons (Fsp3) is 0.778. The zero-order chi connectivity index (χ0) is 7.59. The van der Waals surface area contributed by atoms with Gasteiger partial charge in [0.15, 0.2) is 0 Å². The summed E-state index contributed by atoms with van der Waals surface area (Å²) in [6, 6.07) is 0. The molecule has 2 N–H and O–H groups in total. The molecule has 2 saturated carbocycles. The van der Waals surface area contributed by atoms with E-state index in [0.29, 0.717) is 11.8 Å². The summed E-state index contributed by atoms with van der Waals surface area (Å²) in [5, 5.41) is 19.1. The molecule has 2 bridgehead atoms. The van der Waals surface area contributed by atoms with E-state index in [1.54, 1.807) is 0 Å². The van der Waals surface area contributed by atoms with Crippen molar-refractivity contribution in [2.24, 2.45) is 23.7 Å². The van der Waals surface area contributed by atoms with E-state index in [9.17, 15) is 10.2 Å². The topological polar surface area (TPSA) is 40.5 Å². The molecule has 2 nitrogen and oxygen atoms in total. The highest BCUT2D eigenvalue weighted by Crippen LogP contribution is 2.59. The first-order valence-electron chi connectivity index (χ1n) is 4.33. The molecule has 2 heteroatoms. The van der Waals surface area contributed by atoms with Crippen molar-refractivity contribution < 1.29 is 10.2 Å². The van der Waals surface area contributed by atoms with Crippen molar-refractivity contribution in [2.75, 3.05) is 0 Å². The monoisotopic (exact) mass is 152 g/mol. The minimum atomic E-state index is -0.478. The van der Waals surface area contributed by atoms with Crippen LogP contribution in [0.25, 0.3) is 0 Å². The van der Waals surface area contributed by atoms with Crippen LogP contribution in [0.15, 0.2) is 12.2 Å². The van der Waals surface area contributed by atoms with Crippen LogP contribution in [0.5, 0.6) is 0 Å². The van der Waals surface area contributed by atoms with Crippen LogP contribution in [-0.4, -0.2) is 22.4 Å². The molecule has 0 heterocycles. The normalized spacial score (nSPS) is 64.5. The molecule has 0 radical (unpaired) electrons. The summed E-state index contributed by atoms with van der Waals surface area (Å²) in [7, 11) is 0. The number of aliphatic hydroxyl groups excluding tert-OH is 2. The van der Waals surface area contributed by atoms with Gasteiger partial charge < -0.3 is 10.2 Å². The Balaban J connectivity index is 2.03. The van der Waals surface area contributed by atoms with E-state index in [1.807, 2.05) is 0 Å². The maximum Gasteiger partial charge on any atom is 0.0870 e. The van der Waals surface area contributed by atoms with Gasteiger partial charge in [0, 0.05) is 11.8 Å². The van der Waals surface area contributed by atoms with E-state index in [0.717, 1.165) is 0 Å². The van der Waals surface area contributed by atoms with Gasteiger partial charge in [-0.05, 0) is 18.3 Å². The minimum Gasteiger partial charge on any atom is -0.390 e. The highest BCUT2D eigenvalue weighted by atomic mass is 16.3. The van der Waals surface area contributed by atoms with Crippen LogP contribution < -0.4 is 0 Å². The van der Waals surface area contributed by atoms with Crippen molar-refractivity contribution >= 4 is 0 Å². The molecule has 0 saturated heterocycles. The molecule has 0 aromatic heterocycles. The van der Waals surface area contributed by atoms with Gasteiger partial charge in [-0.15, -0.1) is 0 Å². The molecule has 6 unspecified atom stereocenters. The first kappa shape index (κ1) is 6.21. The molecule has 60 valence electrons. The number of hydrogen-bond acceptors (Lipinski definition) is 2. The third-order valence-electron chi connectivity index (χ3n) is 3.57. The maximum atomic E-state index is 9.56. The Morgan fingerprint density at radius 2 is 1.36 bits per heavy atom. The second-order valence-electron chi connectivity index (χ2n) is 4.08. The van der Waals surface area contributed by atoms with Gasteiger partial charge in [-0.3, -0.25) is 0 Å². The van der Waals surface area contributed by atoms with Crippen LogP contribution in [-0.2, 0) is 0 Å². The summed E-state index contributed by atoms with van der Waals surface area (Å²) < 4.78 is 0. The molecule has 4 rings (SSSR count). The van der Waals surface area contributed by atoms with E-state index in [4.69, 9.17) is 0 Å². The second kappa shape index (κ2) is 1.70. The largest absolute Gasteiger partial charge is 0.390 e. The Bertz CT molecular complexity index is 202. The van der Waals surface area contributed by atoms with Crippen molar-refractivity contribution in [1.82, 2.24) is 0 Å². The van der Waals surface area contributed by atoms with Crippen molar-refractivity contribution in [3.8, 4) is 0 Å². The minimum absolute atomic E-state index is 0.264. The SMILES string of the molecule is OC1C(O)C2C=CC1C1CC21. The molecule has 4 aliphatic rings. The molecule has 0 spiro atoms. The van der Waals surface area contributed by atoms with E-state index >= 15 is 0 Å². The lowest BCUT2D eigenvalue weighted by atomic mass is 9.72. The van der Waals surface area contributed by atoms with Crippen molar-refractivity contribution in [1.29, 1.82) is 0 Å². The van der Waals surface area contributed by atoms with E-state index in [2.05, 4.69) is 12.2 Å². The molecule has 6 atom stereocenters. The molecule has 2 fully saturated rings. The van der Waals surface area contributed by atoms with Crippen LogP contribution >= 0.6 is 0 Å². The van der Waals surface area contributed by atoms with Crippen molar-refractivity contribution in [3.63, 3.8) is 0 Å². The average Bonchev–Trinajstić information content (AvgIpc) is 2.76. The molecular weight excluding hydrogens is 140 g/mol. The van der Waals surface area contributed by atoms with Gasteiger partial charge in [0.1, 0.15) is 0 Å². The number of rotatable bonds is 0. The predicted molar refractivity (Wildman–Crippen MR) is 39.7 cm³/mol. The Morgan fingerprint density at radius 1 is 0.909 bits per heavy atom. The first-order chi connectivity index (χ1) is 5.29. The molecule has 0 aromatic carbocycles. The van der Waals surface area contributed by atoms with Crippen LogP contribution in [0.1, 0.15) is 6.42 Å². The van der Waals surface area contributed by atoms with Gasteiger partial charge >= 0.3 is 0 Å². The van der Waals surface area contributed by atoms with E-state index in [1.165, 1.54) is 6.42 Å². The van der Waals surface area contributed by atoms with Crippen molar-refractivity contribution in [2.45, 2.75) is 18.6 Å². The third kappa shape index (κ3) is 0.603. The van der Waals surface area contributed by atoms with E-state index in [-0.39, 0.29) is 11.8 Å². The summed E-state index contributed by atoms with van der Waals surface area (Å²) in [6.07, 6.45) is 4.45. The summed E-state index contributed by atoms with van der Waals surface area (Å²) in [4.78, 5) is 0. The zero-order valence-corrected chi connectivity index (χ0v) is 6.22. The predicted octanol–water partition coefficient (Wildman–Crippen LogP) is 0.160. The molecular formula is C9H12O2. The zero-order valence-electron chi connectivity index (χ0n) is 6.22. The van der Waals surface area contributed by atoms with E-state index < -0.39 is 12.2 Å². The fourth-order valence-electron chi connectivity index (χ4n) is 2.85. The average molecular weight is 152 g/mol. The highest BCUT2D eigenvalue weighted by Gasteiger charge is 2.58. The Hall–Kier alpha value is -0.340. The summed E-state index contributed by atoms with van der Waals surface area (Å²) in [6.45, 7) is 0. The Labute approximate surface area is 65.5 Å². The first-order valence-corrected chi connectivity index (χ1v) is 4.33. The number of hydrogen-bond donors (Lipinski definition) is 2.